The number of carbonyl (C=O) groups is 1. The highest BCUT2D eigenvalue weighted by Crippen LogP contribution is 2.24. The van der Waals surface area contributed by atoms with Crippen molar-refractivity contribution in [3.63, 3.8) is 0 Å². The van der Waals surface area contributed by atoms with Crippen LogP contribution < -0.4 is 4.90 Å². The first kappa shape index (κ1) is 17.3. The molecule has 0 unspecified atom stereocenters. The molecule has 29 heavy (non-hydrogen) atoms. The number of hydrogen-bond donors (Lipinski definition) is 0. The van der Waals surface area contributed by atoms with Crippen LogP contribution in [0, 0.1) is 5.82 Å². The Morgan fingerprint density at radius 3 is 2.83 bits per heavy atom. The molecule has 4 aromatic rings. The third-order valence-corrected chi connectivity index (χ3v) is 5.03. The highest BCUT2D eigenvalue weighted by molar-refractivity contribution is 5.91. The fourth-order valence-corrected chi connectivity index (χ4v) is 3.31. The van der Waals surface area contributed by atoms with Crippen LogP contribution in [0.25, 0.3) is 17.0 Å². The number of benzene rings is 1. The summed E-state index contributed by atoms with van der Waals surface area (Å²) >= 11 is 0. The summed E-state index contributed by atoms with van der Waals surface area (Å²) < 4.78 is 20.1. The summed E-state index contributed by atoms with van der Waals surface area (Å²) in [6.45, 7) is 1.26. The molecule has 3 aromatic heterocycles. The molecule has 1 fully saturated rings. The van der Waals surface area contributed by atoms with E-state index in [1.807, 2.05) is 17.0 Å². The SMILES string of the molecule is CN(C(=O)c1ccno1)C1CN(c2ccc3nnc(-c4cccc(F)c4)n3n2)C1. The van der Waals surface area contributed by atoms with Crippen molar-refractivity contribution < 1.29 is 13.7 Å². The van der Waals surface area contributed by atoms with Gasteiger partial charge in [-0.2, -0.15) is 4.52 Å². The first-order valence-electron chi connectivity index (χ1n) is 9.01. The van der Waals surface area contributed by atoms with Gasteiger partial charge in [0, 0.05) is 31.8 Å². The van der Waals surface area contributed by atoms with Gasteiger partial charge in [-0.15, -0.1) is 15.3 Å². The normalized spacial score (nSPS) is 14.2. The van der Waals surface area contributed by atoms with Crippen molar-refractivity contribution in [1.29, 1.82) is 0 Å². The molecule has 1 saturated heterocycles. The second-order valence-corrected chi connectivity index (χ2v) is 6.85. The average molecular weight is 393 g/mol. The zero-order chi connectivity index (χ0) is 20.0. The predicted octanol–water partition coefficient (Wildman–Crippen LogP) is 1.88. The quantitative estimate of drug-likeness (QED) is 0.523. The zero-order valence-corrected chi connectivity index (χ0v) is 15.4. The average Bonchev–Trinajstić information content (AvgIpc) is 3.36. The maximum atomic E-state index is 13.6. The molecule has 4 heterocycles. The summed E-state index contributed by atoms with van der Waals surface area (Å²) in [7, 11) is 1.74. The molecular formula is C19H16FN7O2. The number of rotatable bonds is 4. The van der Waals surface area contributed by atoms with E-state index >= 15 is 0 Å². The number of amides is 1. The van der Waals surface area contributed by atoms with Crippen LogP contribution in [0.1, 0.15) is 10.6 Å². The molecule has 0 bridgehead atoms. The first-order chi connectivity index (χ1) is 14.1. The van der Waals surface area contributed by atoms with Crippen LogP contribution in [0.5, 0.6) is 0 Å². The third-order valence-electron chi connectivity index (χ3n) is 5.03. The lowest BCUT2D eigenvalue weighted by molar-refractivity contribution is 0.0663. The molecule has 10 heteroatoms. The van der Waals surface area contributed by atoms with Gasteiger partial charge in [0.2, 0.25) is 5.76 Å². The Kier molecular flexibility index (Phi) is 3.97. The fourth-order valence-electron chi connectivity index (χ4n) is 3.31. The molecule has 0 aliphatic carbocycles. The van der Waals surface area contributed by atoms with Gasteiger partial charge >= 0.3 is 0 Å². The van der Waals surface area contributed by atoms with Crippen molar-refractivity contribution in [1.82, 2.24) is 29.9 Å². The number of anilines is 1. The summed E-state index contributed by atoms with van der Waals surface area (Å²) in [6, 6.07) is 11.4. The lowest BCUT2D eigenvalue weighted by Crippen LogP contribution is -2.60. The van der Waals surface area contributed by atoms with E-state index in [1.54, 1.807) is 34.7 Å². The molecule has 5 rings (SSSR count). The maximum absolute atomic E-state index is 13.6. The minimum Gasteiger partial charge on any atom is -0.351 e. The van der Waals surface area contributed by atoms with Gasteiger partial charge in [0.25, 0.3) is 5.91 Å². The van der Waals surface area contributed by atoms with Gasteiger partial charge in [0.05, 0.1) is 12.2 Å². The minimum absolute atomic E-state index is 0.0358. The number of likely N-dealkylation sites (N-methyl/N-ethyl adjacent to an activating group) is 1. The van der Waals surface area contributed by atoms with Crippen LogP contribution in [0.3, 0.4) is 0 Å². The van der Waals surface area contributed by atoms with Crippen LogP contribution in [0.15, 0.2) is 53.2 Å². The summed E-state index contributed by atoms with van der Waals surface area (Å²) in [6.07, 6.45) is 1.45. The van der Waals surface area contributed by atoms with Crippen molar-refractivity contribution in [2.45, 2.75) is 6.04 Å². The van der Waals surface area contributed by atoms with Crippen molar-refractivity contribution in [2.24, 2.45) is 0 Å². The van der Waals surface area contributed by atoms with E-state index in [9.17, 15) is 9.18 Å². The second kappa shape index (κ2) is 6.66. The summed E-state index contributed by atoms with van der Waals surface area (Å²) in [5, 5.41) is 16.4. The Labute approximate surface area is 164 Å². The molecule has 1 aromatic carbocycles. The largest absolute Gasteiger partial charge is 0.351 e. The van der Waals surface area contributed by atoms with Gasteiger partial charge in [-0.3, -0.25) is 4.79 Å². The van der Waals surface area contributed by atoms with E-state index in [0.29, 0.717) is 30.1 Å². The summed E-state index contributed by atoms with van der Waals surface area (Å²) in [4.78, 5) is 16.0. The molecule has 0 saturated carbocycles. The monoisotopic (exact) mass is 393 g/mol. The van der Waals surface area contributed by atoms with Crippen LogP contribution in [-0.4, -0.2) is 62.0 Å². The highest BCUT2D eigenvalue weighted by Gasteiger charge is 2.34. The number of carbonyl (C=O) groups excluding carboxylic acids is 1. The summed E-state index contributed by atoms with van der Waals surface area (Å²) in [5.74, 6) is 0.862. The Morgan fingerprint density at radius 2 is 2.07 bits per heavy atom. The number of aromatic nitrogens is 5. The van der Waals surface area contributed by atoms with Gasteiger partial charge in [-0.1, -0.05) is 17.3 Å². The molecule has 0 spiro atoms. The zero-order valence-electron chi connectivity index (χ0n) is 15.4. The van der Waals surface area contributed by atoms with Gasteiger partial charge < -0.3 is 14.3 Å². The van der Waals surface area contributed by atoms with Gasteiger partial charge in [0.1, 0.15) is 11.6 Å². The molecule has 1 aliphatic heterocycles. The Hall–Kier alpha value is -3.82. The number of halogens is 1. The van der Waals surface area contributed by atoms with Crippen LogP contribution in [0.2, 0.25) is 0 Å². The van der Waals surface area contributed by atoms with Crippen molar-refractivity contribution in [3.8, 4) is 11.4 Å². The van der Waals surface area contributed by atoms with Gasteiger partial charge in [-0.05, 0) is 24.3 Å². The van der Waals surface area contributed by atoms with Crippen LogP contribution in [0.4, 0.5) is 10.2 Å². The molecule has 9 nitrogen and oxygen atoms in total. The van der Waals surface area contributed by atoms with E-state index < -0.39 is 0 Å². The Bertz CT molecular complexity index is 1180. The first-order valence-corrected chi connectivity index (χ1v) is 9.01. The number of nitrogens with zero attached hydrogens (tertiary/aromatic N) is 7. The fraction of sp³-hybridized carbons (Fsp3) is 0.211. The topological polar surface area (TPSA) is 92.7 Å². The van der Waals surface area contributed by atoms with Crippen LogP contribution in [-0.2, 0) is 0 Å². The van der Waals surface area contributed by atoms with Crippen molar-refractivity contribution in [2.75, 3.05) is 25.0 Å². The second-order valence-electron chi connectivity index (χ2n) is 6.85. The molecule has 146 valence electrons. The predicted molar refractivity (Wildman–Crippen MR) is 101 cm³/mol. The van der Waals surface area contributed by atoms with Gasteiger partial charge in [-0.25, -0.2) is 4.39 Å². The van der Waals surface area contributed by atoms with E-state index in [-0.39, 0.29) is 23.5 Å². The molecule has 0 N–H and O–H groups in total. The molecule has 1 amide bonds. The van der Waals surface area contributed by atoms with E-state index in [4.69, 9.17) is 4.52 Å². The number of hydrogen-bond acceptors (Lipinski definition) is 7. The molecule has 1 aliphatic rings. The van der Waals surface area contributed by atoms with E-state index in [2.05, 4.69) is 20.5 Å². The molecular weight excluding hydrogens is 377 g/mol. The number of fused-ring (bicyclic) bond motifs is 1. The van der Waals surface area contributed by atoms with Crippen LogP contribution >= 0.6 is 0 Å². The smallest absolute Gasteiger partial charge is 0.292 e. The standard InChI is InChI=1S/C19H16FN7O2/c1-25(19(28)15-7-8-21-29-15)14-10-26(11-14)17-6-5-16-22-23-18(27(16)24-17)12-3-2-4-13(20)9-12/h2-9,14H,10-11H2,1H3. The van der Waals surface area contributed by atoms with E-state index in [1.165, 1.54) is 18.3 Å². The Balaban J connectivity index is 1.36. The molecule has 0 atom stereocenters. The molecule has 0 radical (unpaired) electrons. The van der Waals surface area contributed by atoms with Gasteiger partial charge in [0.15, 0.2) is 11.5 Å². The van der Waals surface area contributed by atoms with E-state index in [0.717, 1.165) is 5.82 Å². The van der Waals surface area contributed by atoms with Crippen molar-refractivity contribution in [3.05, 3.63) is 60.2 Å². The van der Waals surface area contributed by atoms with Crippen molar-refractivity contribution >= 4 is 17.4 Å². The highest BCUT2D eigenvalue weighted by atomic mass is 19.1. The summed E-state index contributed by atoms with van der Waals surface area (Å²) in [5.41, 5.74) is 1.17. The lowest BCUT2D eigenvalue weighted by Gasteiger charge is -2.44. The lowest BCUT2D eigenvalue weighted by atomic mass is 10.1. The minimum atomic E-state index is -0.347. The third kappa shape index (κ3) is 2.98. The Morgan fingerprint density at radius 1 is 1.21 bits per heavy atom. The maximum Gasteiger partial charge on any atom is 0.292 e.